The molecule has 0 saturated carbocycles. The molecule has 0 aliphatic heterocycles. The molecule has 1 rings (SSSR count). The molecule has 0 aliphatic rings. The number of carboxylic acids is 1. The molecule has 0 radical (unpaired) electrons. The van der Waals surface area contributed by atoms with E-state index in [1.54, 1.807) is 0 Å². The summed E-state index contributed by atoms with van der Waals surface area (Å²) in [6.45, 7) is 1.30. The molecule has 5 heteroatoms. The molecule has 1 aromatic rings. The molecule has 3 nitrogen and oxygen atoms in total. The summed E-state index contributed by atoms with van der Waals surface area (Å²) in [6.07, 6.45) is -0.422. The molecule has 0 spiro atoms. The van der Waals surface area contributed by atoms with Crippen molar-refractivity contribution in [3.63, 3.8) is 0 Å². The minimum atomic E-state index is -1.61. The van der Waals surface area contributed by atoms with Gasteiger partial charge in [0.1, 0.15) is 11.6 Å². The van der Waals surface area contributed by atoms with Crippen molar-refractivity contribution in [1.82, 2.24) is 0 Å². The smallest absolute Gasteiger partial charge is 0.303 e. The summed E-state index contributed by atoms with van der Waals surface area (Å²) < 4.78 is 26.0. The van der Waals surface area contributed by atoms with Gasteiger partial charge < -0.3 is 10.2 Å². The predicted octanol–water partition coefficient (Wildman–Crippen LogP) is 2.04. The zero-order valence-corrected chi connectivity index (χ0v) is 8.70. The van der Waals surface area contributed by atoms with Crippen molar-refractivity contribution in [1.29, 1.82) is 0 Å². The summed E-state index contributed by atoms with van der Waals surface area (Å²) in [6, 6.07) is 2.80. The van der Waals surface area contributed by atoms with Crippen LogP contribution >= 0.6 is 0 Å². The average Bonchev–Trinajstić information content (AvgIpc) is 2.14. The van der Waals surface area contributed by atoms with E-state index in [0.29, 0.717) is 6.07 Å². The Hall–Kier alpha value is -1.49. The standard InChI is InChI=1S/C11H12F2O3/c1-11(16,5-4-10(14)15)8-3-2-7(12)6-9(8)13/h2-3,6,16H,4-5H2,1H3,(H,14,15). The summed E-state index contributed by atoms with van der Waals surface area (Å²) in [5.74, 6) is -2.70. The quantitative estimate of drug-likeness (QED) is 0.832. The van der Waals surface area contributed by atoms with Crippen LogP contribution in [0.25, 0.3) is 0 Å². The third-order valence-corrected chi connectivity index (χ3v) is 2.34. The van der Waals surface area contributed by atoms with Gasteiger partial charge in [-0.3, -0.25) is 4.79 Å². The second-order valence-corrected chi connectivity index (χ2v) is 3.79. The largest absolute Gasteiger partial charge is 0.481 e. The van der Waals surface area contributed by atoms with Crippen LogP contribution in [0.15, 0.2) is 18.2 Å². The summed E-state index contributed by atoms with van der Waals surface area (Å²) in [5.41, 5.74) is -1.72. The van der Waals surface area contributed by atoms with Crippen molar-refractivity contribution in [2.75, 3.05) is 0 Å². The first-order chi connectivity index (χ1) is 7.33. The number of hydrogen-bond acceptors (Lipinski definition) is 2. The number of carbonyl (C=O) groups is 1. The van der Waals surface area contributed by atoms with Gasteiger partial charge in [-0.1, -0.05) is 6.07 Å². The molecule has 2 N–H and O–H groups in total. The van der Waals surface area contributed by atoms with Crippen molar-refractivity contribution in [3.05, 3.63) is 35.4 Å². The monoisotopic (exact) mass is 230 g/mol. The highest BCUT2D eigenvalue weighted by atomic mass is 19.1. The van der Waals surface area contributed by atoms with E-state index in [1.165, 1.54) is 6.92 Å². The van der Waals surface area contributed by atoms with E-state index in [9.17, 15) is 18.7 Å². The number of rotatable bonds is 4. The first kappa shape index (κ1) is 12.6. The van der Waals surface area contributed by atoms with Crippen LogP contribution in [0.4, 0.5) is 8.78 Å². The Morgan fingerprint density at radius 1 is 1.44 bits per heavy atom. The third-order valence-electron chi connectivity index (χ3n) is 2.34. The van der Waals surface area contributed by atoms with Gasteiger partial charge in [-0.05, 0) is 19.4 Å². The maximum Gasteiger partial charge on any atom is 0.303 e. The van der Waals surface area contributed by atoms with Gasteiger partial charge in [0.15, 0.2) is 0 Å². The molecule has 0 saturated heterocycles. The molecular weight excluding hydrogens is 218 g/mol. The number of benzene rings is 1. The lowest BCUT2D eigenvalue weighted by Crippen LogP contribution is -2.24. The zero-order chi connectivity index (χ0) is 12.3. The van der Waals surface area contributed by atoms with Crippen molar-refractivity contribution in [2.45, 2.75) is 25.4 Å². The molecule has 0 amide bonds. The molecule has 1 atom stereocenters. The molecule has 1 unspecified atom stereocenters. The molecule has 0 bridgehead atoms. The minimum absolute atomic E-state index is 0.102. The van der Waals surface area contributed by atoms with Gasteiger partial charge in [-0.15, -0.1) is 0 Å². The molecule has 1 aromatic carbocycles. The zero-order valence-electron chi connectivity index (χ0n) is 8.70. The van der Waals surface area contributed by atoms with Crippen LogP contribution in [-0.2, 0) is 10.4 Å². The number of aliphatic hydroxyl groups is 1. The highest BCUT2D eigenvalue weighted by Gasteiger charge is 2.27. The highest BCUT2D eigenvalue weighted by Crippen LogP contribution is 2.28. The third kappa shape index (κ3) is 3.00. The van der Waals surface area contributed by atoms with Crippen LogP contribution in [0.3, 0.4) is 0 Å². The van der Waals surface area contributed by atoms with E-state index in [-0.39, 0.29) is 18.4 Å². The number of halogens is 2. The molecule has 88 valence electrons. The fourth-order valence-corrected chi connectivity index (χ4v) is 1.41. The Balaban J connectivity index is 2.92. The number of aliphatic carboxylic acids is 1. The maximum atomic E-state index is 13.3. The van der Waals surface area contributed by atoms with Gasteiger partial charge in [0.05, 0.1) is 5.60 Å². The van der Waals surface area contributed by atoms with E-state index in [2.05, 4.69) is 0 Å². The predicted molar refractivity (Wildman–Crippen MR) is 52.8 cm³/mol. The van der Waals surface area contributed by atoms with Gasteiger partial charge in [-0.25, -0.2) is 8.78 Å². The Morgan fingerprint density at radius 3 is 2.56 bits per heavy atom. The molecular formula is C11H12F2O3. The summed E-state index contributed by atoms with van der Waals surface area (Å²) in [7, 11) is 0. The van der Waals surface area contributed by atoms with Crippen LogP contribution in [-0.4, -0.2) is 16.2 Å². The lowest BCUT2D eigenvalue weighted by molar-refractivity contribution is -0.138. The highest BCUT2D eigenvalue weighted by molar-refractivity contribution is 5.66. The average molecular weight is 230 g/mol. The molecule has 0 heterocycles. The molecule has 0 aliphatic carbocycles. The van der Waals surface area contributed by atoms with Crippen molar-refractivity contribution >= 4 is 5.97 Å². The molecule has 0 fully saturated rings. The second kappa shape index (κ2) is 4.57. The molecule has 16 heavy (non-hydrogen) atoms. The van der Waals surface area contributed by atoms with Gasteiger partial charge >= 0.3 is 5.97 Å². The van der Waals surface area contributed by atoms with Crippen LogP contribution in [0.1, 0.15) is 25.3 Å². The topological polar surface area (TPSA) is 57.5 Å². The Bertz CT molecular complexity index is 402. The fourth-order valence-electron chi connectivity index (χ4n) is 1.41. The maximum absolute atomic E-state index is 13.3. The minimum Gasteiger partial charge on any atom is -0.481 e. The summed E-state index contributed by atoms with van der Waals surface area (Å²) in [5, 5.41) is 18.4. The van der Waals surface area contributed by atoms with Crippen LogP contribution in [0.5, 0.6) is 0 Å². The number of hydrogen-bond donors (Lipinski definition) is 2. The van der Waals surface area contributed by atoms with Gasteiger partial charge in [0.25, 0.3) is 0 Å². The summed E-state index contributed by atoms with van der Waals surface area (Å²) >= 11 is 0. The second-order valence-electron chi connectivity index (χ2n) is 3.79. The Morgan fingerprint density at radius 2 is 2.06 bits per heavy atom. The van der Waals surface area contributed by atoms with E-state index in [0.717, 1.165) is 12.1 Å². The van der Waals surface area contributed by atoms with E-state index >= 15 is 0 Å². The van der Waals surface area contributed by atoms with Crippen LogP contribution < -0.4 is 0 Å². The van der Waals surface area contributed by atoms with Crippen molar-refractivity contribution in [2.24, 2.45) is 0 Å². The van der Waals surface area contributed by atoms with E-state index in [4.69, 9.17) is 5.11 Å². The lowest BCUT2D eigenvalue weighted by atomic mass is 9.90. The van der Waals surface area contributed by atoms with Crippen molar-refractivity contribution in [3.8, 4) is 0 Å². The Kier molecular flexibility index (Phi) is 3.59. The van der Waals surface area contributed by atoms with Gasteiger partial charge in [-0.2, -0.15) is 0 Å². The van der Waals surface area contributed by atoms with Gasteiger partial charge in [0.2, 0.25) is 0 Å². The first-order valence-corrected chi connectivity index (χ1v) is 4.72. The number of carboxylic acid groups (broad SMARTS) is 1. The Labute approximate surface area is 91.3 Å². The van der Waals surface area contributed by atoms with Gasteiger partial charge in [0, 0.05) is 18.1 Å². The molecule has 0 aromatic heterocycles. The summed E-state index contributed by atoms with van der Waals surface area (Å²) in [4.78, 5) is 10.4. The lowest BCUT2D eigenvalue weighted by Gasteiger charge is -2.23. The van der Waals surface area contributed by atoms with Crippen molar-refractivity contribution < 1.29 is 23.8 Å². The fraction of sp³-hybridized carbons (Fsp3) is 0.364. The van der Waals surface area contributed by atoms with E-state index < -0.39 is 23.2 Å². The SMILES string of the molecule is CC(O)(CCC(=O)O)c1ccc(F)cc1F. The normalized spacial score (nSPS) is 14.5. The van der Waals surface area contributed by atoms with Crippen LogP contribution in [0, 0.1) is 11.6 Å². The van der Waals surface area contributed by atoms with E-state index in [1.807, 2.05) is 0 Å². The first-order valence-electron chi connectivity index (χ1n) is 4.72. The van der Waals surface area contributed by atoms with Crippen LogP contribution in [0.2, 0.25) is 0 Å².